The van der Waals surface area contributed by atoms with E-state index >= 15 is 0 Å². The third-order valence-electron chi connectivity index (χ3n) is 26.2. The number of benzene rings is 2. The highest BCUT2D eigenvalue weighted by Gasteiger charge is 2.46. The zero-order valence-electron chi connectivity index (χ0n) is 80.3. The molecule has 6 rings (SSSR count). The van der Waals surface area contributed by atoms with Gasteiger partial charge in [-0.25, -0.2) is 4.79 Å². The predicted molar refractivity (Wildman–Crippen MR) is 491 cm³/mol. The Labute approximate surface area is 767 Å². The standard InChI is InChI=1S/C97H161N11O21/c1-17-79-61(5)65(9)85(103-69(13)109)93(126-79)121-52-37-26-21-22-35-49-100-91(117)77(43-45-83(113)98-47-33-23-27-38-53-122-94-86(104-70(14)110)66(10)62(6)80(18-2)127-94)107-89(115)74-57-75(59-76(58-74)120-56-51-102-97(119)125-60-73-41-31-30-32-42-73)90(116)108-78(92(118)101-50-36-25-29-40-55-124-96-88(106-72(16)112)68(12)64(8)82(20-4)129-96)44-46-84(114)99-48-34-24-28-39-54-123-95-87(105-71(15)111)67(11)63(7)81(19-3)128-95/h30-32,41-42,57-59,61-68,77-82,85-88,93-96H,17-29,33-40,43-56,60H2,1-16H3,(H,98,113)(H,99,114)(H,100,117)(H,101,118)(H,102,119)(H,103,109)(H,104,110)(H,105,111)(H,106,112)(H,107,115)(H,108,116). The summed E-state index contributed by atoms with van der Waals surface area (Å²) in [4.78, 5) is 148. The van der Waals surface area contributed by atoms with E-state index in [0.717, 1.165) is 102 Å². The molecule has 22 unspecified atom stereocenters. The molecule has 0 bridgehead atoms. The molecule has 0 radical (unpaired) electrons. The second-order valence-corrected chi connectivity index (χ2v) is 36.1. The number of amides is 11. The summed E-state index contributed by atoms with van der Waals surface area (Å²) in [6.45, 7) is 33.9. The number of rotatable bonds is 59. The van der Waals surface area contributed by atoms with E-state index in [1.165, 1.54) is 45.9 Å². The molecule has 4 fully saturated rings. The Balaban J connectivity index is 1.15. The molecule has 2 aromatic carbocycles. The van der Waals surface area contributed by atoms with Crippen LogP contribution in [0, 0.1) is 47.3 Å². The van der Waals surface area contributed by atoms with E-state index in [-0.39, 0.29) is 207 Å². The van der Waals surface area contributed by atoms with Gasteiger partial charge in [-0.3, -0.25) is 47.9 Å². The van der Waals surface area contributed by atoms with Gasteiger partial charge in [0.2, 0.25) is 47.3 Å². The molecule has 32 heteroatoms. The first-order chi connectivity index (χ1) is 61.9. The van der Waals surface area contributed by atoms with Gasteiger partial charge in [0.05, 0.1) is 55.1 Å². The first kappa shape index (κ1) is 110. The zero-order valence-corrected chi connectivity index (χ0v) is 80.3. The number of ether oxygens (including phenoxy) is 10. The smallest absolute Gasteiger partial charge is 0.407 e. The lowest BCUT2D eigenvalue weighted by atomic mass is 9.81. The molecule has 22 atom stereocenters. The predicted octanol–water partition coefficient (Wildman–Crippen LogP) is 11.6. The Kier molecular flexibility index (Phi) is 51.1. The van der Waals surface area contributed by atoms with Crippen molar-refractivity contribution >= 4 is 65.2 Å². The van der Waals surface area contributed by atoms with Crippen molar-refractivity contribution in [2.75, 3.05) is 65.8 Å². The first-order valence-electron chi connectivity index (χ1n) is 48.5. The van der Waals surface area contributed by atoms with Gasteiger partial charge in [-0.05, 0) is 161 Å². The molecule has 730 valence electrons. The first-order valence-corrected chi connectivity index (χ1v) is 48.5. The van der Waals surface area contributed by atoms with Crippen LogP contribution >= 0.6 is 0 Å². The second kappa shape index (κ2) is 60.1. The summed E-state index contributed by atoms with van der Waals surface area (Å²) < 4.78 is 61.9. The molecule has 0 aliphatic carbocycles. The van der Waals surface area contributed by atoms with E-state index in [2.05, 4.69) is 142 Å². The van der Waals surface area contributed by atoms with Gasteiger partial charge in [-0.1, -0.05) is 171 Å². The highest BCUT2D eigenvalue weighted by Crippen LogP contribution is 2.38. The van der Waals surface area contributed by atoms with Gasteiger partial charge < -0.3 is 106 Å². The fourth-order valence-corrected chi connectivity index (χ4v) is 17.6. The van der Waals surface area contributed by atoms with Crippen LogP contribution in [0.4, 0.5) is 4.79 Å². The van der Waals surface area contributed by atoms with Crippen LogP contribution in [0.25, 0.3) is 0 Å². The Morgan fingerprint density at radius 2 is 0.651 bits per heavy atom. The van der Waals surface area contributed by atoms with Crippen LogP contribution in [0.2, 0.25) is 0 Å². The molecule has 4 heterocycles. The largest absolute Gasteiger partial charge is 0.492 e. The van der Waals surface area contributed by atoms with Gasteiger partial charge in [0.25, 0.3) is 11.8 Å². The average molecular weight is 1820 g/mol. The van der Waals surface area contributed by atoms with Crippen molar-refractivity contribution in [2.24, 2.45) is 47.3 Å². The minimum atomic E-state index is -1.26. The Hall–Kier alpha value is -8.11. The molecular formula is C97H161N11O21. The summed E-state index contributed by atoms with van der Waals surface area (Å²) in [5.41, 5.74) is 0.528. The second-order valence-electron chi connectivity index (χ2n) is 36.1. The summed E-state index contributed by atoms with van der Waals surface area (Å²) in [6.07, 6.45) is 12.2. The summed E-state index contributed by atoms with van der Waals surface area (Å²) in [6, 6.07) is 9.54. The van der Waals surface area contributed by atoms with E-state index in [1.54, 1.807) is 0 Å². The molecule has 0 aromatic heterocycles. The average Bonchev–Trinajstić information content (AvgIpc) is 0.810. The van der Waals surface area contributed by atoms with Gasteiger partial charge in [0.1, 0.15) is 31.0 Å². The van der Waals surface area contributed by atoms with Crippen LogP contribution in [0.15, 0.2) is 48.5 Å². The maximum atomic E-state index is 14.9. The number of unbranched alkanes of at least 4 members (excludes halogenated alkanes) is 13. The number of carbonyl (C=O) groups excluding carboxylic acids is 11. The SMILES string of the molecule is CCC1OC(OCCCCCCCNC(=O)C(CCC(=O)NCCCCCCOC2OC(CC)C(C)C(C)C2NC(C)=O)NC(=O)c2cc(OCCNC(=O)OCc3ccccc3)cc(C(=O)NC(CCC(=O)NCCCCCCOC3OC(CC)C(C)C(C)C3NC(C)=O)C(=O)NCCCCCCOC3OC(CC)C(C)C(C)C3NC(C)=O)c2)C(NC(C)=O)C(C)C1C. The molecule has 2 aromatic rings. The van der Waals surface area contributed by atoms with Crippen molar-refractivity contribution in [1.82, 2.24) is 58.5 Å². The maximum absolute atomic E-state index is 14.9. The highest BCUT2D eigenvalue weighted by atomic mass is 16.7. The van der Waals surface area contributed by atoms with Crippen LogP contribution in [-0.4, -0.2) is 217 Å². The zero-order chi connectivity index (χ0) is 94.3. The molecule has 129 heavy (non-hydrogen) atoms. The van der Waals surface area contributed by atoms with Gasteiger partial charge in [0.15, 0.2) is 25.2 Å². The molecule has 0 spiro atoms. The summed E-state index contributed by atoms with van der Waals surface area (Å²) in [5, 5.41) is 32.4. The van der Waals surface area contributed by atoms with Crippen LogP contribution in [-0.2, 0) is 87.6 Å². The van der Waals surface area contributed by atoms with Crippen molar-refractivity contribution in [3.05, 3.63) is 65.2 Å². The lowest BCUT2D eigenvalue weighted by Crippen LogP contribution is -2.57. The van der Waals surface area contributed by atoms with Crippen LogP contribution in [0.3, 0.4) is 0 Å². The highest BCUT2D eigenvalue weighted by molar-refractivity contribution is 6.03. The van der Waals surface area contributed by atoms with Crippen molar-refractivity contribution in [1.29, 1.82) is 0 Å². The topological polar surface area (TPSA) is 412 Å². The van der Waals surface area contributed by atoms with Gasteiger partial charge in [0, 0.05) is 104 Å². The third kappa shape index (κ3) is 38.9. The summed E-state index contributed by atoms with van der Waals surface area (Å²) in [5.74, 6) is -2.45. The number of hydrogen-bond donors (Lipinski definition) is 11. The Bertz CT molecular complexity index is 3700. The Morgan fingerprint density at radius 1 is 0.349 bits per heavy atom. The minimum absolute atomic E-state index is 0.00796. The van der Waals surface area contributed by atoms with Crippen molar-refractivity contribution in [3.8, 4) is 5.75 Å². The fourth-order valence-electron chi connectivity index (χ4n) is 17.6. The number of hydrogen-bond acceptors (Lipinski definition) is 21. The lowest BCUT2D eigenvalue weighted by molar-refractivity contribution is -0.236. The molecule has 11 amide bonds. The van der Waals surface area contributed by atoms with Gasteiger partial charge in [-0.15, -0.1) is 0 Å². The van der Waals surface area contributed by atoms with Gasteiger partial charge >= 0.3 is 6.09 Å². The molecular weight excluding hydrogens is 1660 g/mol. The van der Waals surface area contributed by atoms with E-state index in [0.29, 0.717) is 78.0 Å². The number of alkyl carbamates (subject to hydrolysis) is 1. The number of nitrogens with one attached hydrogen (secondary N) is 11. The Morgan fingerprint density at radius 3 is 0.961 bits per heavy atom. The van der Waals surface area contributed by atoms with Crippen LogP contribution in [0.1, 0.15) is 298 Å². The van der Waals surface area contributed by atoms with Gasteiger partial charge in [-0.2, -0.15) is 0 Å². The van der Waals surface area contributed by atoms with E-state index < -0.39 is 67.0 Å². The minimum Gasteiger partial charge on any atom is -0.492 e. The third-order valence-corrected chi connectivity index (χ3v) is 26.2. The van der Waals surface area contributed by atoms with E-state index in [9.17, 15) is 52.7 Å². The maximum Gasteiger partial charge on any atom is 0.407 e. The van der Waals surface area contributed by atoms with E-state index in [1.807, 2.05) is 30.3 Å². The van der Waals surface area contributed by atoms with E-state index in [4.69, 9.17) is 47.4 Å². The van der Waals surface area contributed by atoms with Crippen molar-refractivity contribution < 1.29 is 100 Å². The quantitative estimate of drug-likeness (QED) is 0.0274. The van der Waals surface area contributed by atoms with Crippen LogP contribution < -0.4 is 63.2 Å². The van der Waals surface area contributed by atoms with Crippen molar-refractivity contribution in [2.45, 2.75) is 364 Å². The molecule has 4 aliphatic rings. The summed E-state index contributed by atoms with van der Waals surface area (Å²) >= 11 is 0. The summed E-state index contributed by atoms with van der Waals surface area (Å²) in [7, 11) is 0. The normalized spacial score (nSPS) is 26.0. The molecule has 4 saturated heterocycles. The van der Waals surface area contributed by atoms with Crippen molar-refractivity contribution in [3.63, 3.8) is 0 Å². The number of carbonyl (C=O) groups is 11. The molecule has 11 N–H and O–H groups in total. The molecule has 32 nitrogen and oxygen atoms in total. The molecule has 4 aliphatic heterocycles. The van der Waals surface area contributed by atoms with Crippen LogP contribution in [0.5, 0.6) is 5.75 Å². The fraction of sp³-hybridized carbons (Fsp3) is 0.763. The lowest BCUT2D eigenvalue weighted by Gasteiger charge is -2.44. The monoisotopic (exact) mass is 1820 g/mol. The molecule has 0 saturated carbocycles.